The number of fused-ring (bicyclic) bond motifs is 10. The van der Waals surface area contributed by atoms with E-state index in [0.717, 1.165) is 0 Å². The fraction of sp³-hybridized carbons (Fsp3) is 0.262. The molecule has 340 valence electrons. The van der Waals surface area contributed by atoms with Crippen LogP contribution in [0.5, 0.6) is 0 Å². The van der Waals surface area contributed by atoms with Crippen molar-refractivity contribution in [3.8, 4) is 33.4 Å². The van der Waals surface area contributed by atoms with Gasteiger partial charge in [0.05, 0.1) is 5.69 Å². The van der Waals surface area contributed by atoms with Gasteiger partial charge in [-0.15, -0.1) is 11.3 Å². The summed E-state index contributed by atoms with van der Waals surface area (Å²) < 4.78 is 2.79. The van der Waals surface area contributed by atoms with Crippen molar-refractivity contribution >= 4 is 77.7 Å². The molecular formula is C65H61BN2S. The highest BCUT2D eigenvalue weighted by Gasteiger charge is 2.49. The molecule has 9 aromatic rings. The molecule has 13 rings (SSSR count). The smallest absolute Gasteiger partial charge is 0.343 e. The Kier molecular flexibility index (Phi) is 9.18. The fourth-order valence-corrected chi connectivity index (χ4v) is 14.3. The maximum Gasteiger partial charge on any atom is 0.343 e. The number of anilines is 5. The number of rotatable bonds is 4. The highest BCUT2D eigenvalue weighted by Crippen LogP contribution is 2.56. The molecule has 0 fully saturated rings. The van der Waals surface area contributed by atoms with Gasteiger partial charge in [-0.25, -0.2) is 0 Å². The largest absolute Gasteiger partial charge is 0.376 e. The van der Waals surface area contributed by atoms with Crippen LogP contribution in [0.3, 0.4) is 0 Å². The number of hydrogen-bond acceptors (Lipinski definition) is 3. The van der Waals surface area contributed by atoms with Crippen molar-refractivity contribution in [1.82, 2.24) is 0 Å². The maximum atomic E-state index is 2.77. The minimum atomic E-state index is -0.0777. The monoisotopic (exact) mass is 912 g/mol. The summed E-state index contributed by atoms with van der Waals surface area (Å²) >= 11 is 2.04. The van der Waals surface area contributed by atoms with Crippen molar-refractivity contribution < 1.29 is 0 Å². The Morgan fingerprint density at radius 1 is 0.464 bits per heavy atom. The Bertz CT molecular complexity index is 3580. The predicted molar refractivity (Wildman–Crippen MR) is 299 cm³/mol. The minimum absolute atomic E-state index is 0.0474. The topological polar surface area (TPSA) is 6.48 Å². The molecule has 1 aromatic heterocycles. The van der Waals surface area contributed by atoms with Crippen LogP contribution in [0.25, 0.3) is 54.2 Å². The summed E-state index contributed by atoms with van der Waals surface area (Å²) in [7, 11) is 0. The third-order valence-electron chi connectivity index (χ3n) is 17.3. The molecule has 2 aliphatic carbocycles. The van der Waals surface area contributed by atoms with Crippen LogP contribution in [0.4, 0.5) is 28.4 Å². The molecule has 8 aromatic carbocycles. The van der Waals surface area contributed by atoms with E-state index in [1.807, 2.05) is 11.3 Å². The Balaban J connectivity index is 1.19. The van der Waals surface area contributed by atoms with Crippen LogP contribution in [-0.2, 0) is 21.7 Å². The van der Waals surface area contributed by atoms with Crippen molar-refractivity contribution in [2.45, 2.75) is 110 Å². The molecule has 0 bridgehead atoms. The zero-order chi connectivity index (χ0) is 47.4. The van der Waals surface area contributed by atoms with Gasteiger partial charge in [-0.2, -0.15) is 0 Å². The molecule has 2 aliphatic heterocycles. The van der Waals surface area contributed by atoms with Crippen LogP contribution in [0.15, 0.2) is 158 Å². The highest BCUT2D eigenvalue weighted by molar-refractivity contribution is 7.32. The van der Waals surface area contributed by atoms with Crippen LogP contribution in [0.2, 0.25) is 0 Å². The standard InChI is InChI=1S/C65H61BN2S/c1-40-34-50-52(64(6,7)32-30-62(50,2)3)38-55(40)67-56-36-45(42-20-14-11-15-21-42)35-49-58-47-23-17-16-22-44(47)26-29-54(58)68(46-27-24-43(25-28-46)41-18-12-10-13-19-41)66(59(49)56)61-60(67)48-37-51-53(39-57(48)69-61)65(8,9)33-31-63(51,4)5/h10-29,34-39H,30-33H2,1-9H3. The van der Waals surface area contributed by atoms with Gasteiger partial charge in [-0.05, 0) is 175 Å². The predicted octanol–water partition coefficient (Wildman–Crippen LogP) is 17.1. The zero-order valence-electron chi connectivity index (χ0n) is 41.7. The fourth-order valence-electron chi connectivity index (χ4n) is 13.0. The summed E-state index contributed by atoms with van der Waals surface area (Å²) in [6, 6.07) is 60.8. The molecule has 0 N–H and O–H groups in total. The number of benzene rings is 8. The second-order valence-electron chi connectivity index (χ2n) is 23.5. The number of thiophene rings is 1. The van der Waals surface area contributed by atoms with Gasteiger partial charge in [0, 0.05) is 43.2 Å². The molecule has 69 heavy (non-hydrogen) atoms. The lowest BCUT2D eigenvalue weighted by Crippen LogP contribution is -2.60. The average Bonchev–Trinajstić information content (AvgIpc) is 3.73. The third-order valence-corrected chi connectivity index (χ3v) is 18.5. The van der Waals surface area contributed by atoms with E-state index in [-0.39, 0.29) is 28.5 Å². The molecule has 0 unspecified atom stereocenters. The van der Waals surface area contributed by atoms with Crippen molar-refractivity contribution in [3.05, 3.63) is 186 Å². The summed E-state index contributed by atoms with van der Waals surface area (Å²) in [4.78, 5) is 5.48. The van der Waals surface area contributed by atoms with E-state index < -0.39 is 0 Å². The van der Waals surface area contributed by atoms with Crippen LogP contribution in [-0.4, -0.2) is 6.85 Å². The maximum absolute atomic E-state index is 2.77. The van der Waals surface area contributed by atoms with Gasteiger partial charge in [0.15, 0.2) is 0 Å². The molecule has 0 amide bonds. The molecule has 0 saturated heterocycles. The van der Waals surface area contributed by atoms with E-state index in [9.17, 15) is 0 Å². The number of hydrogen-bond donors (Lipinski definition) is 0. The van der Waals surface area contributed by atoms with Gasteiger partial charge in [0.1, 0.15) is 0 Å². The Morgan fingerprint density at radius 2 is 1.01 bits per heavy atom. The van der Waals surface area contributed by atoms with Crippen molar-refractivity contribution in [2.24, 2.45) is 0 Å². The summed E-state index contributed by atoms with van der Waals surface area (Å²) in [5.41, 5.74) is 23.0. The molecule has 0 atom stereocenters. The van der Waals surface area contributed by atoms with Gasteiger partial charge < -0.3 is 9.71 Å². The van der Waals surface area contributed by atoms with Gasteiger partial charge in [0.25, 0.3) is 0 Å². The van der Waals surface area contributed by atoms with Gasteiger partial charge in [-0.3, -0.25) is 0 Å². The zero-order valence-corrected chi connectivity index (χ0v) is 42.5. The number of aryl methyl sites for hydroxylation is 1. The molecule has 2 nitrogen and oxygen atoms in total. The molecule has 4 aliphatic rings. The lowest BCUT2D eigenvalue weighted by Gasteiger charge is -2.46. The van der Waals surface area contributed by atoms with Crippen molar-refractivity contribution in [3.63, 3.8) is 0 Å². The van der Waals surface area contributed by atoms with Gasteiger partial charge in [0.2, 0.25) is 0 Å². The summed E-state index contributed by atoms with van der Waals surface area (Å²) in [6.07, 6.45) is 4.72. The van der Waals surface area contributed by atoms with Crippen LogP contribution < -0.4 is 20.0 Å². The first kappa shape index (κ1) is 42.7. The molecule has 0 radical (unpaired) electrons. The van der Waals surface area contributed by atoms with E-state index in [1.54, 1.807) is 0 Å². The van der Waals surface area contributed by atoms with Crippen molar-refractivity contribution in [2.75, 3.05) is 9.71 Å². The lowest BCUT2D eigenvalue weighted by molar-refractivity contribution is 0.332. The first-order valence-electron chi connectivity index (χ1n) is 25.4. The molecule has 3 heterocycles. The summed E-state index contributed by atoms with van der Waals surface area (Å²) in [5, 5.41) is 3.91. The summed E-state index contributed by atoms with van der Waals surface area (Å²) in [6.45, 7) is 22.1. The lowest BCUT2D eigenvalue weighted by atomic mass is 9.46. The van der Waals surface area contributed by atoms with Crippen LogP contribution >= 0.6 is 11.3 Å². The molecule has 0 spiro atoms. The quantitative estimate of drug-likeness (QED) is 0.162. The number of nitrogens with zero attached hydrogens (tertiary/aromatic N) is 2. The Hall–Kier alpha value is -6.36. The third kappa shape index (κ3) is 6.36. The first-order chi connectivity index (χ1) is 33.1. The Morgan fingerprint density at radius 3 is 1.67 bits per heavy atom. The van der Waals surface area contributed by atoms with Crippen molar-refractivity contribution in [1.29, 1.82) is 0 Å². The van der Waals surface area contributed by atoms with E-state index in [4.69, 9.17) is 0 Å². The molecular weight excluding hydrogens is 852 g/mol. The molecule has 4 heteroatoms. The van der Waals surface area contributed by atoms with Crippen LogP contribution in [0.1, 0.15) is 109 Å². The van der Waals surface area contributed by atoms with Gasteiger partial charge >= 0.3 is 6.85 Å². The van der Waals surface area contributed by atoms with Gasteiger partial charge in [-0.1, -0.05) is 165 Å². The highest BCUT2D eigenvalue weighted by atomic mass is 32.1. The van der Waals surface area contributed by atoms with E-state index in [0.29, 0.717) is 0 Å². The second kappa shape index (κ2) is 14.8. The first-order valence-corrected chi connectivity index (χ1v) is 26.2. The van der Waals surface area contributed by atoms with Crippen LogP contribution in [0, 0.1) is 6.92 Å². The SMILES string of the molecule is Cc1cc2c(cc1N1c3cc(-c4ccccc4)cc4c3B(c3sc5cc6c(cc5c31)C(C)(C)CCC6(C)C)N(c1ccc(-c3ccccc3)cc1)c1ccc3ccccc3c1-4)C(C)(C)CCC2(C)C. The van der Waals surface area contributed by atoms with E-state index >= 15 is 0 Å². The van der Waals surface area contributed by atoms with E-state index in [2.05, 4.69) is 230 Å². The second-order valence-corrected chi connectivity index (χ2v) is 24.5. The van der Waals surface area contributed by atoms with E-state index in [1.165, 1.54) is 146 Å². The minimum Gasteiger partial charge on any atom is -0.376 e. The molecule has 0 saturated carbocycles. The Labute approximate surface area is 413 Å². The normalized spacial score (nSPS) is 17.8. The average molecular weight is 913 g/mol. The summed E-state index contributed by atoms with van der Waals surface area (Å²) in [5.74, 6) is 0.